The zero-order valence-electron chi connectivity index (χ0n) is 17.7. The first kappa shape index (κ1) is 22.5. The highest BCUT2D eigenvalue weighted by Gasteiger charge is 2.53. The van der Waals surface area contributed by atoms with Gasteiger partial charge in [-0.05, 0) is 48.9 Å². The van der Waals surface area contributed by atoms with Crippen LogP contribution in [0.2, 0.25) is 5.02 Å². The van der Waals surface area contributed by atoms with Crippen LogP contribution >= 0.6 is 11.6 Å². The second-order valence-electron chi connectivity index (χ2n) is 8.72. The zero-order chi connectivity index (χ0) is 21.4. The van der Waals surface area contributed by atoms with Crippen molar-refractivity contribution in [1.29, 1.82) is 0 Å². The summed E-state index contributed by atoms with van der Waals surface area (Å²) >= 11 is 5.90. The lowest BCUT2D eigenvalue weighted by Crippen LogP contribution is -2.60. The first-order valence-corrected chi connectivity index (χ1v) is 12.3. The summed E-state index contributed by atoms with van der Waals surface area (Å²) in [4.78, 5) is 15.4. The van der Waals surface area contributed by atoms with Gasteiger partial charge in [0.1, 0.15) is 0 Å². The fraction of sp³-hybridized carbons (Fsp3) is 0.667. The molecule has 2 saturated heterocycles. The minimum absolute atomic E-state index is 0.148. The van der Waals surface area contributed by atoms with Crippen molar-refractivity contribution >= 4 is 27.5 Å². The van der Waals surface area contributed by atoms with Gasteiger partial charge in [0.2, 0.25) is 15.9 Å². The van der Waals surface area contributed by atoms with Gasteiger partial charge in [0.05, 0.1) is 16.6 Å². The van der Waals surface area contributed by atoms with Crippen LogP contribution < -0.4 is 5.32 Å². The van der Waals surface area contributed by atoms with Gasteiger partial charge >= 0.3 is 0 Å². The Kier molecular flexibility index (Phi) is 6.63. The normalized spacial score (nSPS) is 23.9. The maximum Gasteiger partial charge on any atom is 0.243 e. The fourth-order valence-corrected chi connectivity index (χ4v) is 5.80. The Morgan fingerprint density at radius 3 is 2.28 bits per heavy atom. The molecule has 6 nitrogen and oxygen atoms in total. The number of carbonyl (C=O) groups is 1. The number of benzene rings is 1. The van der Waals surface area contributed by atoms with E-state index in [1.165, 1.54) is 4.31 Å². The molecule has 3 rings (SSSR count). The minimum atomic E-state index is -3.57. The first-order chi connectivity index (χ1) is 13.6. The largest absolute Gasteiger partial charge is 0.323 e. The third-order valence-electron chi connectivity index (χ3n) is 6.33. The Morgan fingerprint density at radius 1 is 1.17 bits per heavy atom. The number of hydrogen-bond acceptors (Lipinski definition) is 4. The van der Waals surface area contributed by atoms with Crippen LogP contribution in [0.1, 0.15) is 47.0 Å². The van der Waals surface area contributed by atoms with E-state index in [9.17, 15) is 13.2 Å². The van der Waals surface area contributed by atoms with Gasteiger partial charge in [0.25, 0.3) is 0 Å². The molecule has 1 aromatic rings. The minimum Gasteiger partial charge on any atom is -0.323 e. The Bertz CT molecular complexity index is 833. The standard InChI is InChI=1S/C21H32ClN3O3S/c1-5-16(4)14-25-20(26)19(15(2)3)23-21(25)10-12-24(13-11-21)29(27,28)18-8-6-17(22)7-9-18/h6-9,15-16,19,23H,5,10-14H2,1-4H3. The molecule has 2 unspecified atom stereocenters. The van der Waals surface area contributed by atoms with Gasteiger partial charge < -0.3 is 4.90 Å². The molecule has 0 radical (unpaired) electrons. The van der Waals surface area contributed by atoms with E-state index in [0.717, 1.165) is 6.42 Å². The lowest BCUT2D eigenvalue weighted by molar-refractivity contribution is -0.134. The van der Waals surface area contributed by atoms with Crippen molar-refractivity contribution in [3.8, 4) is 0 Å². The molecule has 2 fully saturated rings. The van der Waals surface area contributed by atoms with Crippen molar-refractivity contribution in [2.45, 2.75) is 63.6 Å². The van der Waals surface area contributed by atoms with Crippen LogP contribution in [0, 0.1) is 11.8 Å². The molecule has 2 atom stereocenters. The van der Waals surface area contributed by atoms with Crippen molar-refractivity contribution in [3.63, 3.8) is 0 Å². The molecule has 2 aliphatic heterocycles. The average Bonchev–Trinajstić information content (AvgIpc) is 2.95. The summed E-state index contributed by atoms with van der Waals surface area (Å²) in [6.45, 7) is 9.86. The van der Waals surface area contributed by atoms with Gasteiger partial charge in [0.15, 0.2) is 0 Å². The summed E-state index contributed by atoms with van der Waals surface area (Å²) in [6, 6.07) is 6.07. The molecular weight excluding hydrogens is 410 g/mol. The predicted octanol–water partition coefficient (Wildman–Crippen LogP) is 3.32. The average molecular weight is 442 g/mol. The number of sulfonamides is 1. The van der Waals surface area contributed by atoms with E-state index < -0.39 is 15.7 Å². The molecule has 0 aromatic heterocycles. The van der Waals surface area contributed by atoms with Gasteiger partial charge in [-0.25, -0.2) is 8.42 Å². The van der Waals surface area contributed by atoms with Crippen LogP contribution in [0.15, 0.2) is 29.2 Å². The first-order valence-electron chi connectivity index (χ1n) is 10.5. The fourth-order valence-electron chi connectivity index (χ4n) is 4.23. The SMILES string of the molecule is CCC(C)CN1C(=O)C(C(C)C)NC12CCN(S(=O)(=O)c1ccc(Cl)cc1)CC2. The Hall–Kier alpha value is -1.15. The summed E-state index contributed by atoms with van der Waals surface area (Å²) in [5.74, 6) is 0.741. The van der Waals surface area contributed by atoms with E-state index in [1.54, 1.807) is 24.3 Å². The highest BCUT2D eigenvalue weighted by Crippen LogP contribution is 2.36. The topological polar surface area (TPSA) is 69.7 Å². The van der Waals surface area contributed by atoms with Crippen molar-refractivity contribution in [2.75, 3.05) is 19.6 Å². The van der Waals surface area contributed by atoms with Gasteiger partial charge in [-0.1, -0.05) is 45.7 Å². The second kappa shape index (κ2) is 8.53. The monoisotopic (exact) mass is 441 g/mol. The third-order valence-corrected chi connectivity index (χ3v) is 8.50. The highest BCUT2D eigenvalue weighted by atomic mass is 35.5. The Morgan fingerprint density at radius 2 is 1.76 bits per heavy atom. The number of nitrogens with one attached hydrogen (secondary N) is 1. The molecule has 29 heavy (non-hydrogen) atoms. The van der Waals surface area contributed by atoms with Crippen molar-refractivity contribution in [2.24, 2.45) is 11.8 Å². The van der Waals surface area contributed by atoms with E-state index in [0.29, 0.717) is 43.4 Å². The van der Waals surface area contributed by atoms with E-state index in [-0.39, 0.29) is 22.8 Å². The molecule has 2 heterocycles. The molecule has 2 aliphatic rings. The molecule has 1 aromatic carbocycles. The van der Waals surface area contributed by atoms with Crippen LogP contribution in [0.4, 0.5) is 0 Å². The van der Waals surface area contributed by atoms with Crippen LogP contribution in [0.25, 0.3) is 0 Å². The maximum atomic E-state index is 13.1. The summed E-state index contributed by atoms with van der Waals surface area (Å²) in [5, 5.41) is 4.10. The molecule has 0 bridgehead atoms. The quantitative estimate of drug-likeness (QED) is 0.735. The predicted molar refractivity (Wildman–Crippen MR) is 115 cm³/mol. The van der Waals surface area contributed by atoms with Crippen LogP contribution in [0.3, 0.4) is 0 Å². The zero-order valence-corrected chi connectivity index (χ0v) is 19.3. The molecule has 1 N–H and O–H groups in total. The van der Waals surface area contributed by atoms with E-state index in [4.69, 9.17) is 11.6 Å². The summed E-state index contributed by atoms with van der Waals surface area (Å²) in [5.41, 5.74) is -0.457. The maximum absolute atomic E-state index is 13.1. The highest BCUT2D eigenvalue weighted by molar-refractivity contribution is 7.89. The van der Waals surface area contributed by atoms with E-state index >= 15 is 0 Å². The van der Waals surface area contributed by atoms with Crippen molar-refractivity contribution < 1.29 is 13.2 Å². The lowest BCUT2D eigenvalue weighted by Gasteiger charge is -2.45. The van der Waals surface area contributed by atoms with Gasteiger partial charge in [-0.3, -0.25) is 10.1 Å². The van der Waals surface area contributed by atoms with Gasteiger partial charge in [-0.15, -0.1) is 0 Å². The third kappa shape index (κ3) is 4.33. The summed E-state index contributed by atoms with van der Waals surface area (Å²) < 4.78 is 27.6. The number of carbonyl (C=O) groups excluding carboxylic acids is 1. The second-order valence-corrected chi connectivity index (χ2v) is 11.1. The number of hydrogen-bond donors (Lipinski definition) is 1. The van der Waals surface area contributed by atoms with Crippen LogP contribution in [0.5, 0.6) is 0 Å². The lowest BCUT2D eigenvalue weighted by atomic mass is 9.95. The Labute approximate surface area is 179 Å². The Balaban J connectivity index is 1.80. The molecule has 8 heteroatoms. The van der Waals surface area contributed by atoms with Gasteiger partial charge in [0, 0.05) is 24.7 Å². The van der Waals surface area contributed by atoms with Crippen molar-refractivity contribution in [1.82, 2.24) is 14.5 Å². The molecular formula is C21H32ClN3O3S. The molecule has 1 spiro atoms. The number of nitrogens with zero attached hydrogens (tertiary/aromatic N) is 2. The molecule has 0 saturated carbocycles. The van der Waals surface area contributed by atoms with Crippen molar-refractivity contribution in [3.05, 3.63) is 29.3 Å². The molecule has 0 aliphatic carbocycles. The van der Waals surface area contributed by atoms with Crippen LogP contribution in [-0.2, 0) is 14.8 Å². The number of amides is 1. The smallest absolute Gasteiger partial charge is 0.243 e. The van der Waals surface area contributed by atoms with E-state index in [2.05, 4.69) is 33.0 Å². The van der Waals surface area contributed by atoms with Gasteiger partial charge in [-0.2, -0.15) is 4.31 Å². The number of rotatable bonds is 6. The van der Waals surface area contributed by atoms with E-state index in [1.807, 2.05) is 4.90 Å². The summed E-state index contributed by atoms with van der Waals surface area (Å²) in [6.07, 6.45) is 2.18. The molecule has 162 valence electrons. The summed E-state index contributed by atoms with van der Waals surface area (Å²) in [7, 11) is -3.57. The molecule has 1 amide bonds. The number of piperidine rings is 1. The number of halogens is 1. The van der Waals surface area contributed by atoms with Crippen LogP contribution in [-0.4, -0.2) is 54.9 Å².